The zero-order valence-corrected chi connectivity index (χ0v) is 19.3. The number of hydrogen-bond donors (Lipinski definition) is 2. The molecule has 3 aromatic rings. The van der Waals surface area contributed by atoms with Gasteiger partial charge in [-0.15, -0.1) is 0 Å². The van der Waals surface area contributed by atoms with Gasteiger partial charge in [-0.2, -0.15) is 5.10 Å². The molecule has 2 N–H and O–H groups in total. The fraction of sp³-hybridized carbons (Fsp3) is 0.385. The number of hydrogen-bond acceptors (Lipinski definition) is 4. The molecule has 8 heteroatoms. The molecule has 0 atom stereocenters. The van der Waals surface area contributed by atoms with Crippen LogP contribution < -0.4 is 10.9 Å². The lowest BCUT2D eigenvalue weighted by molar-refractivity contribution is -0.121. The van der Waals surface area contributed by atoms with Crippen molar-refractivity contribution in [1.29, 1.82) is 0 Å². The summed E-state index contributed by atoms with van der Waals surface area (Å²) in [5, 5.41) is 10.9. The Bertz CT molecular complexity index is 1250. The number of halogens is 1. The molecule has 0 spiro atoms. The lowest BCUT2D eigenvalue weighted by atomic mass is 10.0. The molecular formula is C26H29FN4O3. The van der Waals surface area contributed by atoms with Crippen molar-refractivity contribution in [2.75, 3.05) is 13.1 Å². The van der Waals surface area contributed by atoms with E-state index < -0.39 is 11.7 Å². The van der Waals surface area contributed by atoms with Crippen molar-refractivity contribution in [3.05, 3.63) is 75.5 Å². The van der Waals surface area contributed by atoms with E-state index in [1.54, 1.807) is 18.2 Å². The maximum absolute atomic E-state index is 14.9. The van der Waals surface area contributed by atoms with Gasteiger partial charge < -0.3 is 10.2 Å². The van der Waals surface area contributed by atoms with Gasteiger partial charge in [0.25, 0.3) is 11.5 Å². The number of carbonyl (C=O) groups is 2. The van der Waals surface area contributed by atoms with Crippen LogP contribution in [0.1, 0.15) is 60.6 Å². The van der Waals surface area contributed by atoms with Crippen molar-refractivity contribution >= 4 is 22.6 Å². The van der Waals surface area contributed by atoms with E-state index in [9.17, 15) is 18.8 Å². The predicted octanol–water partition coefficient (Wildman–Crippen LogP) is 3.56. The molecule has 2 amide bonds. The van der Waals surface area contributed by atoms with Crippen LogP contribution in [0.2, 0.25) is 0 Å². The summed E-state index contributed by atoms with van der Waals surface area (Å²) in [4.78, 5) is 38.6. The summed E-state index contributed by atoms with van der Waals surface area (Å²) >= 11 is 0. The van der Waals surface area contributed by atoms with Gasteiger partial charge in [-0.1, -0.05) is 37.1 Å². The minimum atomic E-state index is -0.620. The molecule has 1 heterocycles. The van der Waals surface area contributed by atoms with Crippen LogP contribution in [-0.4, -0.2) is 46.0 Å². The van der Waals surface area contributed by atoms with E-state index in [0.29, 0.717) is 35.0 Å². The van der Waals surface area contributed by atoms with E-state index in [1.165, 1.54) is 17.0 Å². The third kappa shape index (κ3) is 5.32. The first kappa shape index (κ1) is 23.6. The fourth-order valence-corrected chi connectivity index (χ4v) is 4.52. The van der Waals surface area contributed by atoms with Crippen LogP contribution in [0.25, 0.3) is 10.8 Å². The Morgan fingerprint density at radius 1 is 1.15 bits per heavy atom. The first-order chi connectivity index (χ1) is 16.5. The monoisotopic (exact) mass is 464 g/mol. The van der Waals surface area contributed by atoms with E-state index in [0.717, 1.165) is 25.7 Å². The van der Waals surface area contributed by atoms with Crippen LogP contribution >= 0.6 is 0 Å². The number of fused-ring (bicyclic) bond motifs is 1. The maximum Gasteiger partial charge on any atom is 0.272 e. The van der Waals surface area contributed by atoms with Crippen molar-refractivity contribution in [3.63, 3.8) is 0 Å². The van der Waals surface area contributed by atoms with Gasteiger partial charge in [0, 0.05) is 37.4 Å². The van der Waals surface area contributed by atoms with Gasteiger partial charge in [-0.05, 0) is 43.5 Å². The Morgan fingerprint density at radius 2 is 1.88 bits per heavy atom. The summed E-state index contributed by atoms with van der Waals surface area (Å²) in [5.74, 6) is -1.13. The number of amides is 2. The van der Waals surface area contributed by atoms with Gasteiger partial charge in [0.15, 0.2) is 0 Å². The zero-order valence-electron chi connectivity index (χ0n) is 19.3. The third-order valence-corrected chi connectivity index (χ3v) is 6.41. The largest absolute Gasteiger partial charge is 0.353 e. The quantitative estimate of drug-likeness (QED) is 0.533. The number of rotatable bonds is 8. The van der Waals surface area contributed by atoms with Gasteiger partial charge in [0.1, 0.15) is 5.82 Å². The summed E-state index contributed by atoms with van der Waals surface area (Å²) in [5.41, 5.74) is 0.957. The fourth-order valence-electron chi connectivity index (χ4n) is 4.52. The number of H-pyrrole nitrogens is 1. The number of nitrogens with one attached hydrogen (secondary N) is 2. The second-order valence-electron chi connectivity index (χ2n) is 8.72. The molecule has 0 unspecified atom stereocenters. The molecule has 0 aliphatic heterocycles. The number of nitrogens with zero attached hydrogens (tertiary/aromatic N) is 2. The molecule has 178 valence electrons. The molecule has 1 aliphatic carbocycles. The Balaban J connectivity index is 1.43. The SMILES string of the molecule is CCN(CCC(=O)NC1CCCC1)C(=O)c1ccc(Cc2n[nH]c(=O)c3ccccc23)cc1F. The molecule has 1 saturated carbocycles. The molecule has 1 aromatic heterocycles. The highest BCUT2D eigenvalue weighted by atomic mass is 19.1. The van der Waals surface area contributed by atoms with Crippen molar-refractivity contribution in [1.82, 2.24) is 20.4 Å². The molecule has 0 radical (unpaired) electrons. The second kappa shape index (κ2) is 10.6. The minimum absolute atomic E-state index is 0.0268. The van der Waals surface area contributed by atoms with Crippen LogP contribution in [0, 0.1) is 5.82 Å². The normalized spacial score (nSPS) is 13.8. The van der Waals surface area contributed by atoms with E-state index in [-0.39, 0.29) is 36.0 Å². The number of aromatic nitrogens is 2. The molecule has 34 heavy (non-hydrogen) atoms. The van der Waals surface area contributed by atoms with Crippen LogP contribution in [-0.2, 0) is 11.2 Å². The van der Waals surface area contributed by atoms with Crippen LogP contribution in [0.3, 0.4) is 0 Å². The maximum atomic E-state index is 14.9. The second-order valence-corrected chi connectivity index (χ2v) is 8.72. The molecular weight excluding hydrogens is 435 g/mol. The van der Waals surface area contributed by atoms with Crippen molar-refractivity contribution < 1.29 is 14.0 Å². The third-order valence-electron chi connectivity index (χ3n) is 6.41. The van der Waals surface area contributed by atoms with Gasteiger partial charge in [0.2, 0.25) is 5.91 Å². The minimum Gasteiger partial charge on any atom is -0.353 e. The molecule has 0 bridgehead atoms. The highest BCUT2D eigenvalue weighted by molar-refractivity contribution is 5.95. The highest BCUT2D eigenvalue weighted by Crippen LogP contribution is 2.20. The molecule has 1 aliphatic rings. The highest BCUT2D eigenvalue weighted by Gasteiger charge is 2.21. The lowest BCUT2D eigenvalue weighted by Crippen LogP contribution is -2.38. The van der Waals surface area contributed by atoms with Gasteiger partial charge in [-0.3, -0.25) is 14.4 Å². The van der Waals surface area contributed by atoms with Crippen LogP contribution in [0.15, 0.2) is 47.3 Å². The van der Waals surface area contributed by atoms with Crippen molar-refractivity contribution in [2.45, 2.75) is 51.5 Å². The predicted molar refractivity (Wildman–Crippen MR) is 128 cm³/mol. The molecule has 7 nitrogen and oxygen atoms in total. The first-order valence-electron chi connectivity index (χ1n) is 11.8. The lowest BCUT2D eigenvalue weighted by Gasteiger charge is -2.22. The van der Waals surface area contributed by atoms with Gasteiger partial charge in [-0.25, -0.2) is 9.49 Å². The Kier molecular flexibility index (Phi) is 7.35. The zero-order chi connectivity index (χ0) is 24.1. The average Bonchev–Trinajstić information content (AvgIpc) is 3.34. The summed E-state index contributed by atoms with van der Waals surface area (Å²) < 4.78 is 14.9. The molecule has 2 aromatic carbocycles. The molecule has 1 fully saturated rings. The van der Waals surface area contributed by atoms with Gasteiger partial charge in [0.05, 0.1) is 16.6 Å². The summed E-state index contributed by atoms with van der Waals surface area (Å²) in [6.07, 6.45) is 4.78. The number of carbonyl (C=O) groups excluding carboxylic acids is 2. The summed E-state index contributed by atoms with van der Waals surface area (Å²) in [6, 6.07) is 11.9. The number of benzene rings is 2. The Morgan fingerprint density at radius 3 is 2.59 bits per heavy atom. The Hall–Kier alpha value is -3.55. The van der Waals surface area contributed by atoms with Crippen LogP contribution in [0.5, 0.6) is 0 Å². The standard InChI is InChI=1S/C26H29FN4O3/c1-2-31(14-13-24(32)28-18-7-3-4-8-18)26(34)21-12-11-17(15-22(21)27)16-23-19-9-5-6-10-20(19)25(33)30-29-23/h5-6,9-12,15,18H,2-4,7-8,13-14,16H2,1H3,(H,28,32)(H,30,33). The van der Waals surface area contributed by atoms with Crippen LogP contribution in [0.4, 0.5) is 4.39 Å². The van der Waals surface area contributed by atoms with E-state index in [1.807, 2.05) is 19.1 Å². The summed E-state index contributed by atoms with van der Waals surface area (Å²) in [7, 11) is 0. The summed E-state index contributed by atoms with van der Waals surface area (Å²) in [6.45, 7) is 2.43. The number of aromatic amines is 1. The first-order valence-corrected chi connectivity index (χ1v) is 11.8. The average molecular weight is 465 g/mol. The van der Waals surface area contributed by atoms with E-state index in [4.69, 9.17) is 0 Å². The molecule has 0 saturated heterocycles. The Labute approximate surface area is 197 Å². The van der Waals surface area contributed by atoms with E-state index in [2.05, 4.69) is 15.5 Å². The smallest absolute Gasteiger partial charge is 0.272 e. The van der Waals surface area contributed by atoms with Gasteiger partial charge >= 0.3 is 0 Å². The molecule has 4 rings (SSSR count). The van der Waals surface area contributed by atoms with Crippen molar-refractivity contribution in [3.8, 4) is 0 Å². The van der Waals surface area contributed by atoms with E-state index >= 15 is 0 Å². The van der Waals surface area contributed by atoms with Crippen molar-refractivity contribution in [2.24, 2.45) is 0 Å². The topological polar surface area (TPSA) is 95.2 Å².